The van der Waals surface area contributed by atoms with Gasteiger partial charge in [-0.05, 0) is 43.2 Å². The van der Waals surface area contributed by atoms with Crippen molar-refractivity contribution in [1.29, 1.82) is 0 Å². The van der Waals surface area contributed by atoms with Gasteiger partial charge >= 0.3 is 0 Å². The number of nitrogens with two attached hydrogens (primary N) is 1. The Hall–Kier alpha value is -2.82. The summed E-state index contributed by atoms with van der Waals surface area (Å²) < 4.78 is 1.44. The molecule has 3 rings (SSSR count). The SMILES string of the molecule is Cc1ccc(-c2nnn(-c3ccccc3O)c2N)cc1C. The summed E-state index contributed by atoms with van der Waals surface area (Å²) in [4.78, 5) is 0. The summed E-state index contributed by atoms with van der Waals surface area (Å²) in [5.74, 6) is 0.514. The molecule has 0 fully saturated rings. The first-order valence-corrected chi connectivity index (χ1v) is 6.65. The van der Waals surface area contributed by atoms with Crippen LogP contribution in [0.5, 0.6) is 5.75 Å². The van der Waals surface area contributed by atoms with E-state index in [0.717, 1.165) is 5.56 Å². The number of anilines is 1. The first-order chi connectivity index (χ1) is 10.1. The van der Waals surface area contributed by atoms with Gasteiger partial charge in [0.1, 0.15) is 17.1 Å². The number of aromatic nitrogens is 3. The molecule has 3 N–H and O–H groups in total. The molecule has 0 saturated carbocycles. The highest BCUT2D eigenvalue weighted by atomic mass is 16.3. The molecule has 5 heteroatoms. The average Bonchev–Trinajstić information content (AvgIpc) is 2.84. The summed E-state index contributed by atoms with van der Waals surface area (Å²) in [7, 11) is 0. The van der Waals surface area contributed by atoms with E-state index in [2.05, 4.69) is 17.2 Å². The summed E-state index contributed by atoms with van der Waals surface area (Å²) in [6.07, 6.45) is 0. The van der Waals surface area contributed by atoms with Gasteiger partial charge < -0.3 is 10.8 Å². The van der Waals surface area contributed by atoms with Gasteiger partial charge in [0.05, 0.1) is 0 Å². The van der Waals surface area contributed by atoms with Crippen LogP contribution in [0.4, 0.5) is 5.82 Å². The monoisotopic (exact) mass is 280 g/mol. The largest absolute Gasteiger partial charge is 0.506 e. The molecule has 0 amide bonds. The molecule has 1 aromatic heterocycles. The number of rotatable bonds is 2. The summed E-state index contributed by atoms with van der Waals surface area (Å²) in [5.41, 5.74) is 10.6. The van der Waals surface area contributed by atoms with E-state index < -0.39 is 0 Å². The molecule has 0 aliphatic carbocycles. The fourth-order valence-corrected chi connectivity index (χ4v) is 2.20. The summed E-state index contributed by atoms with van der Waals surface area (Å²) >= 11 is 0. The lowest BCUT2D eigenvalue weighted by Gasteiger charge is -2.06. The number of benzene rings is 2. The van der Waals surface area contributed by atoms with Gasteiger partial charge in [0.15, 0.2) is 5.82 Å². The van der Waals surface area contributed by atoms with Crippen molar-refractivity contribution in [2.75, 3.05) is 5.73 Å². The average molecular weight is 280 g/mol. The molecule has 5 nitrogen and oxygen atoms in total. The Kier molecular flexibility index (Phi) is 3.10. The van der Waals surface area contributed by atoms with Crippen LogP contribution >= 0.6 is 0 Å². The number of hydrogen-bond donors (Lipinski definition) is 2. The molecule has 0 unspecified atom stereocenters. The molecular formula is C16H16N4O. The zero-order valence-electron chi connectivity index (χ0n) is 11.9. The normalized spacial score (nSPS) is 10.8. The zero-order chi connectivity index (χ0) is 15.0. The van der Waals surface area contributed by atoms with E-state index >= 15 is 0 Å². The number of nitrogens with zero attached hydrogens (tertiary/aromatic N) is 3. The second-order valence-corrected chi connectivity index (χ2v) is 5.02. The van der Waals surface area contributed by atoms with E-state index in [4.69, 9.17) is 5.73 Å². The molecule has 0 radical (unpaired) electrons. The molecule has 106 valence electrons. The molecule has 0 atom stereocenters. The molecule has 0 spiro atoms. The minimum absolute atomic E-state index is 0.112. The second-order valence-electron chi connectivity index (χ2n) is 5.02. The van der Waals surface area contributed by atoms with E-state index in [1.54, 1.807) is 18.2 Å². The number of aromatic hydroxyl groups is 1. The Bertz CT molecular complexity index is 808. The fourth-order valence-electron chi connectivity index (χ4n) is 2.20. The number of hydrogen-bond acceptors (Lipinski definition) is 4. The highest BCUT2D eigenvalue weighted by molar-refractivity contribution is 5.72. The van der Waals surface area contributed by atoms with Crippen molar-refractivity contribution in [1.82, 2.24) is 15.0 Å². The molecule has 0 aliphatic heterocycles. The third-order valence-corrected chi connectivity index (χ3v) is 3.60. The topological polar surface area (TPSA) is 77.0 Å². The Labute approximate surface area is 122 Å². The maximum atomic E-state index is 9.90. The molecular weight excluding hydrogens is 264 g/mol. The lowest BCUT2D eigenvalue weighted by Crippen LogP contribution is -2.02. The third-order valence-electron chi connectivity index (χ3n) is 3.60. The molecule has 0 saturated heterocycles. The summed E-state index contributed by atoms with van der Waals surface area (Å²) in [6.45, 7) is 4.10. The number of nitrogen functional groups attached to an aromatic ring is 1. The smallest absolute Gasteiger partial charge is 0.156 e. The van der Waals surface area contributed by atoms with Gasteiger partial charge in [-0.15, -0.1) is 5.10 Å². The summed E-state index contributed by atoms with van der Waals surface area (Å²) in [6, 6.07) is 12.9. The first-order valence-electron chi connectivity index (χ1n) is 6.65. The maximum Gasteiger partial charge on any atom is 0.156 e. The zero-order valence-corrected chi connectivity index (χ0v) is 11.9. The highest BCUT2D eigenvalue weighted by Gasteiger charge is 2.15. The number of para-hydroxylation sites is 2. The number of phenols is 1. The van der Waals surface area contributed by atoms with Gasteiger partial charge in [-0.25, -0.2) is 0 Å². The number of phenolic OH excluding ortho intramolecular Hbond substituents is 1. The van der Waals surface area contributed by atoms with Gasteiger partial charge in [-0.1, -0.05) is 29.5 Å². The van der Waals surface area contributed by atoms with Gasteiger partial charge in [0.2, 0.25) is 0 Å². The molecule has 0 aliphatic rings. The molecule has 1 heterocycles. The Morgan fingerprint density at radius 1 is 1.05 bits per heavy atom. The van der Waals surface area contributed by atoms with Crippen LogP contribution in [0, 0.1) is 13.8 Å². The van der Waals surface area contributed by atoms with Crippen molar-refractivity contribution in [3.8, 4) is 22.7 Å². The maximum absolute atomic E-state index is 9.90. The van der Waals surface area contributed by atoms with Crippen LogP contribution in [0.15, 0.2) is 42.5 Å². The van der Waals surface area contributed by atoms with Crippen LogP contribution in [-0.4, -0.2) is 20.1 Å². The van der Waals surface area contributed by atoms with Crippen molar-refractivity contribution < 1.29 is 5.11 Å². The van der Waals surface area contributed by atoms with Crippen LogP contribution in [0.25, 0.3) is 16.9 Å². The standard InChI is InChI=1S/C16H16N4O/c1-10-7-8-12(9-11(10)2)15-16(17)20(19-18-15)13-5-3-4-6-14(13)21/h3-9,21H,17H2,1-2H3. The minimum atomic E-state index is 0.112. The second kappa shape index (κ2) is 4.94. The van der Waals surface area contributed by atoms with E-state index in [0.29, 0.717) is 17.2 Å². The molecule has 21 heavy (non-hydrogen) atoms. The summed E-state index contributed by atoms with van der Waals surface area (Å²) in [5, 5.41) is 18.1. The molecule has 2 aromatic carbocycles. The van der Waals surface area contributed by atoms with Crippen molar-refractivity contribution >= 4 is 5.82 Å². The lowest BCUT2D eigenvalue weighted by atomic mass is 10.0. The molecule has 3 aromatic rings. The Balaban J connectivity index is 2.11. The van der Waals surface area contributed by atoms with Gasteiger partial charge in [0, 0.05) is 5.56 Å². The first kappa shape index (κ1) is 13.2. The lowest BCUT2D eigenvalue weighted by molar-refractivity contribution is 0.470. The fraction of sp³-hybridized carbons (Fsp3) is 0.125. The van der Waals surface area contributed by atoms with Crippen molar-refractivity contribution in [3.63, 3.8) is 0 Å². The van der Waals surface area contributed by atoms with Crippen molar-refractivity contribution in [2.45, 2.75) is 13.8 Å². The third kappa shape index (κ3) is 2.23. The highest BCUT2D eigenvalue weighted by Crippen LogP contribution is 2.29. The van der Waals surface area contributed by atoms with E-state index in [-0.39, 0.29) is 5.75 Å². The Morgan fingerprint density at radius 2 is 1.81 bits per heavy atom. The van der Waals surface area contributed by atoms with Crippen molar-refractivity contribution in [3.05, 3.63) is 53.6 Å². The van der Waals surface area contributed by atoms with Crippen molar-refractivity contribution in [2.24, 2.45) is 0 Å². The van der Waals surface area contributed by atoms with Gasteiger partial charge in [-0.2, -0.15) is 4.68 Å². The van der Waals surface area contributed by atoms with Crippen LogP contribution in [0.2, 0.25) is 0 Å². The predicted octanol–water partition coefficient (Wildman–Crippen LogP) is 2.84. The van der Waals surface area contributed by atoms with Crippen LogP contribution in [-0.2, 0) is 0 Å². The van der Waals surface area contributed by atoms with Crippen LogP contribution in [0.1, 0.15) is 11.1 Å². The Morgan fingerprint density at radius 3 is 2.52 bits per heavy atom. The van der Waals surface area contributed by atoms with Gasteiger partial charge in [-0.3, -0.25) is 0 Å². The van der Waals surface area contributed by atoms with Gasteiger partial charge in [0.25, 0.3) is 0 Å². The van der Waals surface area contributed by atoms with E-state index in [9.17, 15) is 5.11 Å². The quantitative estimate of drug-likeness (QED) is 0.756. The minimum Gasteiger partial charge on any atom is -0.506 e. The number of aryl methyl sites for hydroxylation is 2. The van der Waals surface area contributed by atoms with E-state index in [1.807, 2.05) is 31.2 Å². The predicted molar refractivity (Wildman–Crippen MR) is 82.3 cm³/mol. The van der Waals surface area contributed by atoms with Crippen LogP contribution in [0.3, 0.4) is 0 Å². The van der Waals surface area contributed by atoms with Crippen LogP contribution < -0.4 is 5.73 Å². The van der Waals surface area contributed by atoms with E-state index in [1.165, 1.54) is 15.8 Å². The molecule has 0 bridgehead atoms.